The van der Waals surface area contributed by atoms with Crippen LogP contribution in [-0.2, 0) is 4.74 Å². The molecule has 98 valence electrons. The number of rotatable bonds is 3. The van der Waals surface area contributed by atoms with Crippen molar-refractivity contribution < 1.29 is 4.74 Å². The van der Waals surface area contributed by atoms with Gasteiger partial charge in [0.25, 0.3) is 0 Å². The summed E-state index contributed by atoms with van der Waals surface area (Å²) in [6.45, 7) is 5.30. The highest BCUT2D eigenvalue weighted by Crippen LogP contribution is 2.39. The molecule has 1 aliphatic carbocycles. The van der Waals surface area contributed by atoms with Gasteiger partial charge in [0, 0.05) is 13.2 Å². The van der Waals surface area contributed by atoms with Gasteiger partial charge in [0.2, 0.25) is 0 Å². The Hall–Kier alpha value is -0.770. The van der Waals surface area contributed by atoms with Gasteiger partial charge < -0.3 is 15.4 Å². The van der Waals surface area contributed by atoms with Gasteiger partial charge in [-0.3, -0.25) is 4.99 Å². The summed E-state index contributed by atoms with van der Waals surface area (Å²) in [7, 11) is 1.82. The zero-order valence-electron chi connectivity index (χ0n) is 11.3. The molecule has 0 aromatic rings. The van der Waals surface area contributed by atoms with Crippen molar-refractivity contribution in [1.29, 1.82) is 0 Å². The van der Waals surface area contributed by atoms with Gasteiger partial charge in [-0.25, -0.2) is 0 Å². The molecule has 2 rings (SSSR count). The maximum atomic E-state index is 6.08. The maximum absolute atomic E-state index is 6.08. The highest BCUT2D eigenvalue weighted by atomic mass is 16.5. The zero-order valence-corrected chi connectivity index (χ0v) is 11.3. The van der Waals surface area contributed by atoms with E-state index in [1.165, 1.54) is 19.3 Å². The van der Waals surface area contributed by atoms with Crippen molar-refractivity contribution in [3.05, 3.63) is 0 Å². The molecule has 0 radical (unpaired) electrons. The van der Waals surface area contributed by atoms with Gasteiger partial charge in [0.1, 0.15) is 0 Å². The van der Waals surface area contributed by atoms with E-state index in [2.05, 4.69) is 23.7 Å². The molecule has 2 aliphatic rings. The van der Waals surface area contributed by atoms with Crippen molar-refractivity contribution in [2.24, 2.45) is 10.7 Å². The second-order valence-corrected chi connectivity index (χ2v) is 5.48. The Kier molecular flexibility index (Phi) is 3.61. The molecule has 0 aromatic heterocycles. The Balaban J connectivity index is 2.18. The predicted octanol–water partition coefficient (Wildman–Crippen LogP) is 1.74. The van der Waals surface area contributed by atoms with E-state index >= 15 is 0 Å². The first-order chi connectivity index (χ1) is 8.13. The third-order valence-corrected chi connectivity index (χ3v) is 4.43. The van der Waals surface area contributed by atoms with Gasteiger partial charge in [0.05, 0.1) is 18.2 Å². The third-order valence-electron chi connectivity index (χ3n) is 4.43. The van der Waals surface area contributed by atoms with Gasteiger partial charge in [-0.2, -0.15) is 0 Å². The molecule has 0 saturated heterocycles. The van der Waals surface area contributed by atoms with Crippen molar-refractivity contribution in [3.63, 3.8) is 0 Å². The SMILES string of the molecule is CCC(C)N1C(N)=NCC12CCCC(OC)C2. The molecule has 3 atom stereocenters. The first-order valence-electron chi connectivity index (χ1n) is 6.75. The number of guanidine groups is 1. The minimum Gasteiger partial charge on any atom is -0.381 e. The summed E-state index contributed by atoms with van der Waals surface area (Å²) in [6.07, 6.45) is 6.13. The Bertz CT molecular complexity index is 305. The molecule has 17 heavy (non-hydrogen) atoms. The number of methoxy groups -OCH3 is 1. The molecule has 1 aliphatic heterocycles. The number of hydrogen-bond acceptors (Lipinski definition) is 4. The minimum absolute atomic E-state index is 0.137. The van der Waals surface area contributed by atoms with Crippen LogP contribution in [0.2, 0.25) is 0 Å². The van der Waals surface area contributed by atoms with Crippen LogP contribution in [0.3, 0.4) is 0 Å². The standard InChI is InChI=1S/C13H25N3O/c1-4-10(2)16-12(14)15-9-13(16)7-5-6-11(8-13)17-3/h10-11H,4-9H2,1-3H3,(H2,14,15). The zero-order chi connectivity index (χ0) is 12.5. The lowest BCUT2D eigenvalue weighted by molar-refractivity contribution is -0.000197. The molecule has 1 saturated carbocycles. The van der Waals surface area contributed by atoms with Crippen LogP contribution in [-0.4, -0.2) is 42.2 Å². The first kappa shape index (κ1) is 12.7. The summed E-state index contributed by atoms with van der Waals surface area (Å²) in [5, 5.41) is 0. The van der Waals surface area contributed by atoms with Crippen LogP contribution in [0.1, 0.15) is 46.0 Å². The summed E-state index contributed by atoms with van der Waals surface area (Å²) in [5.74, 6) is 0.733. The Morgan fingerprint density at radius 2 is 2.41 bits per heavy atom. The fourth-order valence-electron chi connectivity index (χ4n) is 3.35. The van der Waals surface area contributed by atoms with E-state index in [-0.39, 0.29) is 5.54 Å². The fraction of sp³-hybridized carbons (Fsp3) is 0.923. The summed E-state index contributed by atoms with van der Waals surface area (Å²) >= 11 is 0. The monoisotopic (exact) mass is 239 g/mol. The molecular weight excluding hydrogens is 214 g/mol. The molecule has 1 spiro atoms. The molecule has 3 unspecified atom stereocenters. The molecular formula is C13H25N3O. The van der Waals surface area contributed by atoms with Gasteiger partial charge >= 0.3 is 0 Å². The molecule has 2 N–H and O–H groups in total. The van der Waals surface area contributed by atoms with Gasteiger partial charge in [0.15, 0.2) is 5.96 Å². The highest BCUT2D eigenvalue weighted by molar-refractivity contribution is 5.81. The average Bonchev–Trinajstić information content (AvgIpc) is 2.65. The molecule has 1 fully saturated rings. The molecule has 4 heteroatoms. The van der Waals surface area contributed by atoms with E-state index in [1.54, 1.807) is 0 Å². The summed E-state index contributed by atoms with van der Waals surface area (Å²) < 4.78 is 5.56. The summed E-state index contributed by atoms with van der Waals surface area (Å²) in [5.41, 5.74) is 6.22. The van der Waals surface area contributed by atoms with E-state index in [4.69, 9.17) is 10.5 Å². The number of ether oxygens (including phenoxy) is 1. The first-order valence-corrected chi connectivity index (χ1v) is 6.75. The molecule has 0 aromatic carbocycles. The van der Waals surface area contributed by atoms with Crippen LogP contribution >= 0.6 is 0 Å². The third kappa shape index (κ3) is 2.15. The average molecular weight is 239 g/mol. The Morgan fingerprint density at radius 3 is 3.06 bits per heavy atom. The van der Waals surface area contributed by atoms with Crippen LogP contribution in [0.4, 0.5) is 0 Å². The number of aliphatic imine (C=N–C) groups is 1. The summed E-state index contributed by atoms with van der Waals surface area (Å²) in [4.78, 5) is 6.86. The van der Waals surface area contributed by atoms with E-state index in [1.807, 2.05) is 7.11 Å². The van der Waals surface area contributed by atoms with E-state index in [9.17, 15) is 0 Å². The second kappa shape index (κ2) is 4.84. The number of nitrogens with two attached hydrogens (primary N) is 1. The molecule has 4 nitrogen and oxygen atoms in total. The topological polar surface area (TPSA) is 50.8 Å². The number of hydrogen-bond donors (Lipinski definition) is 1. The lowest BCUT2D eigenvalue weighted by Gasteiger charge is -2.47. The van der Waals surface area contributed by atoms with Crippen molar-refractivity contribution in [2.75, 3.05) is 13.7 Å². The van der Waals surface area contributed by atoms with Crippen molar-refractivity contribution in [2.45, 2.75) is 63.6 Å². The number of nitrogens with zero attached hydrogens (tertiary/aromatic N) is 2. The van der Waals surface area contributed by atoms with Gasteiger partial charge in [-0.05, 0) is 39.0 Å². The van der Waals surface area contributed by atoms with Gasteiger partial charge in [-0.1, -0.05) is 6.92 Å². The smallest absolute Gasteiger partial charge is 0.192 e. The minimum atomic E-state index is 0.137. The second-order valence-electron chi connectivity index (χ2n) is 5.48. The summed E-state index contributed by atoms with van der Waals surface area (Å²) in [6, 6.07) is 0.469. The fourth-order valence-corrected chi connectivity index (χ4v) is 3.35. The highest BCUT2D eigenvalue weighted by Gasteiger charge is 2.46. The molecule has 0 bridgehead atoms. The van der Waals surface area contributed by atoms with Crippen molar-refractivity contribution >= 4 is 5.96 Å². The lowest BCUT2D eigenvalue weighted by Crippen LogP contribution is -2.58. The van der Waals surface area contributed by atoms with Crippen LogP contribution < -0.4 is 5.73 Å². The largest absolute Gasteiger partial charge is 0.381 e. The Labute approximate surface area is 104 Å². The van der Waals surface area contributed by atoms with Gasteiger partial charge in [-0.15, -0.1) is 0 Å². The van der Waals surface area contributed by atoms with E-state index in [0.29, 0.717) is 12.1 Å². The quantitative estimate of drug-likeness (QED) is 0.816. The van der Waals surface area contributed by atoms with Crippen LogP contribution in [0.15, 0.2) is 4.99 Å². The van der Waals surface area contributed by atoms with Crippen LogP contribution in [0.25, 0.3) is 0 Å². The molecule has 0 amide bonds. The lowest BCUT2D eigenvalue weighted by atomic mass is 9.78. The van der Waals surface area contributed by atoms with E-state index in [0.717, 1.165) is 25.3 Å². The normalized spacial score (nSPS) is 35.1. The maximum Gasteiger partial charge on any atom is 0.192 e. The molecule has 1 heterocycles. The van der Waals surface area contributed by atoms with Crippen LogP contribution in [0.5, 0.6) is 0 Å². The van der Waals surface area contributed by atoms with Crippen molar-refractivity contribution in [3.8, 4) is 0 Å². The predicted molar refractivity (Wildman–Crippen MR) is 70.1 cm³/mol. The van der Waals surface area contributed by atoms with Crippen LogP contribution in [0, 0.1) is 0 Å². The van der Waals surface area contributed by atoms with E-state index < -0.39 is 0 Å². The van der Waals surface area contributed by atoms with Crippen molar-refractivity contribution in [1.82, 2.24) is 4.90 Å². The Morgan fingerprint density at radius 1 is 1.65 bits per heavy atom.